The lowest BCUT2D eigenvalue weighted by atomic mass is 10.0. The molecule has 134 valence electrons. The van der Waals surface area contributed by atoms with Gasteiger partial charge < -0.3 is 4.74 Å². The molecule has 0 bridgehead atoms. The summed E-state index contributed by atoms with van der Waals surface area (Å²) in [4.78, 5) is 17.2. The summed E-state index contributed by atoms with van der Waals surface area (Å²) in [6.45, 7) is 2.09. The molecular weight excluding hydrogens is 350 g/mol. The van der Waals surface area contributed by atoms with Gasteiger partial charge in [0.25, 0.3) is 0 Å². The number of azide groups is 2. The SMILES string of the molecule is CCOC(=O)C(CN=[N+]=[N-])(CNS(=O)(=O)c1ccc(C)cc1)N=[N+]=[N-]. The molecule has 1 unspecified atom stereocenters. The van der Waals surface area contributed by atoms with E-state index in [9.17, 15) is 13.2 Å². The van der Waals surface area contributed by atoms with Crippen LogP contribution in [0.2, 0.25) is 0 Å². The minimum atomic E-state index is -3.98. The maximum absolute atomic E-state index is 12.3. The molecule has 0 amide bonds. The lowest BCUT2D eigenvalue weighted by Crippen LogP contribution is -2.50. The summed E-state index contributed by atoms with van der Waals surface area (Å²) in [5.74, 6) is -0.994. The van der Waals surface area contributed by atoms with Crippen molar-refractivity contribution >= 4 is 16.0 Å². The first-order valence-corrected chi connectivity index (χ1v) is 8.60. The number of hydrogen-bond donors (Lipinski definition) is 1. The van der Waals surface area contributed by atoms with Crippen LogP contribution in [0, 0.1) is 6.92 Å². The second-order valence-corrected chi connectivity index (χ2v) is 6.74. The zero-order valence-electron chi connectivity index (χ0n) is 13.7. The number of esters is 1. The molecule has 1 aromatic carbocycles. The summed E-state index contributed by atoms with van der Waals surface area (Å²) in [7, 11) is -3.98. The minimum Gasteiger partial charge on any atom is -0.465 e. The molecule has 0 aliphatic carbocycles. The van der Waals surface area contributed by atoms with Gasteiger partial charge in [0.15, 0.2) is 5.54 Å². The van der Waals surface area contributed by atoms with E-state index in [2.05, 4.69) is 24.8 Å². The van der Waals surface area contributed by atoms with Crippen LogP contribution in [0.25, 0.3) is 20.9 Å². The second kappa shape index (κ2) is 8.90. The standard InChI is InChI=1S/C13H17N7O4S/c1-3-24-12(21)13(18-20-15,8-16-19-14)9-17-25(22,23)11-6-4-10(2)5-7-11/h4-7,17H,3,8-9H2,1-2H3. The fourth-order valence-electron chi connectivity index (χ4n) is 1.82. The Hall–Kier alpha value is -2.78. The molecule has 1 aromatic rings. The second-order valence-electron chi connectivity index (χ2n) is 4.97. The maximum Gasteiger partial charge on any atom is 0.319 e. The first kappa shape index (κ1) is 20.3. The molecule has 1 N–H and O–H groups in total. The average molecular weight is 367 g/mol. The summed E-state index contributed by atoms with van der Waals surface area (Å²) in [5, 5.41) is 6.57. The van der Waals surface area contributed by atoms with E-state index in [1.54, 1.807) is 19.1 Å². The van der Waals surface area contributed by atoms with E-state index < -0.39 is 34.6 Å². The van der Waals surface area contributed by atoms with Gasteiger partial charge in [-0.1, -0.05) is 27.9 Å². The molecule has 0 aliphatic heterocycles. The molecule has 0 heterocycles. The minimum absolute atomic E-state index is 0.0253. The molecule has 0 saturated heterocycles. The Labute approximate surface area is 144 Å². The molecule has 1 atom stereocenters. The molecule has 0 aliphatic rings. The number of rotatable bonds is 9. The van der Waals surface area contributed by atoms with Gasteiger partial charge in [0, 0.05) is 22.9 Å². The van der Waals surface area contributed by atoms with Crippen LogP contribution < -0.4 is 4.72 Å². The van der Waals surface area contributed by atoms with Crippen LogP contribution in [0.4, 0.5) is 0 Å². The molecule has 12 heteroatoms. The van der Waals surface area contributed by atoms with Gasteiger partial charge in [-0.15, -0.1) is 0 Å². The fourth-order valence-corrected chi connectivity index (χ4v) is 2.91. The molecule has 0 aromatic heterocycles. The smallest absolute Gasteiger partial charge is 0.319 e. The van der Waals surface area contributed by atoms with Crippen LogP contribution in [0.1, 0.15) is 12.5 Å². The third kappa shape index (κ3) is 5.37. The highest BCUT2D eigenvalue weighted by molar-refractivity contribution is 7.89. The monoisotopic (exact) mass is 367 g/mol. The van der Waals surface area contributed by atoms with Crippen LogP contribution in [0.3, 0.4) is 0 Å². The number of carbonyl (C=O) groups excluding carboxylic acids is 1. The lowest BCUT2D eigenvalue weighted by Gasteiger charge is -2.24. The fraction of sp³-hybridized carbons (Fsp3) is 0.462. The van der Waals surface area contributed by atoms with E-state index >= 15 is 0 Å². The maximum atomic E-state index is 12.3. The molecule has 0 radical (unpaired) electrons. The molecular formula is C13H17N7O4S. The number of nitrogens with zero attached hydrogens (tertiary/aromatic N) is 6. The summed E-state index contributed by atoms with van der Waals surface area (Å²) in [6.07, 6.45) is 0. The number of ether oxygens (including phenoxy) is 1. The van der Waals surface area contributed by atoms with Crippen molar-refractivity contribution in [2.45, 2.75) is 24.3 Å². The number of sulfonamides is 1. The molecule has 1 rings (SSSR count). The Kier molecular flexibility index (Phi) is 7.22. The number of carbonyl (C=O) groups is 1. The Morgan fingerprint density at radius 2 is 1.92 bits per heavy atom. The molecule has 0 spiro atoms. The van der Waals surface area contributed by atoms with E-state index in [1.165, 1.54) is 19.1 Å². The summed E-state index contributed by atoms with van der Waals surface area (Å²) in [5.41, 5.74) is 16.1. The van der Waals surface area contributed by atoms with Crippen molar-refractivity contribution < 1.29 is 17.9 Å². The Morgan fingerprint density at radius 1 is 1.28 bits per heavy atom. The van der Waals surface area contributed by atoms with Gasteiger partial charge >= 0.3 is 5.97 Å². The quantitative estimate of drug-likeness (QED) is 0.305. The van der Waals surface area contributed by atoms with Crippen LogP contribution in [0.5, 0.6) is 0 Å². The van der Waals surface area contributed by atoms with Gasteiger partial charge in [-0.3, -0.25) is 4.79 Å². The van der Waals surface area contributed by atoms with E-state index in [-0.39, 0.29) is 11.5 Å². The summed E-state index contributed by atoms with van der Waals surface area (Å²) >= 11 is 0. The predicted molar refractivity (Wildman–Crippen MR) is 88.9 cm³/mol. The predicted octanol–water partition coefficient (Wildman–Crippen LogP) is 2.20. The number of nitrogens with one attached hydrogen (secondary N) is 1. The highest BCUT2D eigenvalue weighted by Gasteiger charge is 2.40. The summed E-state index contributed by atoms with van der Waals surface area (Å²) in [6, 6.07) is 6.01. The van der Waals surface area contributed by atoms with E-state index in [0.717, 1.165) is 5.56 Å². The van der Waals surface area contributed by atoms with E-state index in [0.29, 0.717) is 0 Å². The molecule has 11 nitrogen and oxygen atoms in total. The first-order valence-electron chi connectivity index (χ1n) is 7.12. The molecule has 0 fully saturated rings. The van der Waals surface area contributed by atoms with E-state index in [1.807, 2.05) is 0 Å². The third-order valence-corrected chi connectivity index (χ3v) is 4.59. The number of benzene rings is 1. The summed E-state index contributed by atoms with van der Waals surface area (Å²) < 4.78 is 31.7. The van der Waals surface area contributed by atoms with E-state index in [4.69, 9.17) is 15.8 Å². The Morgan fingerprint density at radius 3 is 2.44 bits per heavy atom. The van der Waals surface area contributed by atoms with Gasteiger partial charge in [-0.25, -0.2) is 13.1 Å². The van der Waals surface area contributed by atoms with Crippen molar-refractivity contribution in [1.29, 1.82) is 0 Å². The van der Waals surface area contributed by atoms with Crippen molar-refractivity contribution in [2.24, 2.45) is 10.2 Å². The average Bonchev–Trinajstić information content (AvgIpc) is 2.58. The van der Waals surface area contributed by atoms with Crippen LogP contribution in [-0.4, -0.2) is 39.6 Å². The zero-order valence-corrected chi connectivity index (χ0v) is 14.5. The number of hydrogen-bond acceptors (Lipinski definition) is 6. The van der Waals surface area contributed by atoms with Gasteiger partial charge in [0.2, 0.25) is 10.0 Å². The van der Waals surface area contributed by atoms with Crippen molar-refractivity contribution in [3.8, 4) is 0 Å². The third-order valence-electron chi connectivity index (χ3n) is 3.17. The van der Waals surface area contributed by atoms with Crippen molar-refractivity contribution in [2.75, 3.05) is 19.7 Å². The number of aryl methyl sites for hydroxylation is 1. The van der Waals surface area contributed by atoms with Crippen LogP contribution in [-0.2, 0) is 19.6 Å². The van der Waals surface area contributed by atoms with Gasteiger partial charge in [0.1, 0.15) is 0 Å². The van der Waals surface area contributed by atoms with Gasteiger partial charge in [-0.05, 0) is 37.0 Å². The first-order chi connectivity index (χ1) is 11.8. The highest BCUT2D eigenvalue weighted by atomic mass is 32.2. The topological polar surface area (TPSA) is 170 Å². The van der Waals surface area contributed by atoms with Crippen molar-refractivity contribution in [3.63, 3.8) is 0 Å². The molecule has 25 heavy (non-hydrogen) atoms. The van der Waals surface area contributed by atoms with Crippen LogP contribution >= 0.6 is 0 Å². The highest BCUT2D eigenvalue weighted by Crippen LogP contribution is 2.17. The zero-order chi connectivity index (χ0) is 18.9. The van der Waals surface area contributed by atoms with Crippen molar-refractivity contribution in [3.05, 3.63) is 50.7 Å². The van der Waals surface area contributed by atoms with Gasteiger partial charge in [0.05, 0.1) is 11.5 Å². The molecule has 0 saturated carbocycles. The van der Waals surface area contributed by atoms with Gasteiger partial charge in [-0.2, -0.15) is 0 Å². The Bertz CT molecular complexity index is 811. The van der Waals surface area contributed by atoms with Crippen LogP contribution in [0.15, 0.2) is 39.4 Å². The normalized spacial score (nSPS) is 13.0. The lowest BCUT2D eigenvalue weighted by molar-refractivity contribution is -0.148. The largest absolute Gasteiger partial charge is 0.465 e. The van der Waals surface area contributed by atoms with Crippen molar-refractivity contribution in [1.82, 2.24) is 4.72 Å². The Balaban J connectivity index is 3.15.